The SMILES string of the molecule is CCc1cn(Cc2cc(C(=O)O)ccc2F)c(=O)[nH]c1=O. The third kappa shape index (κ3) is 3.07. The molecular weight excluding hydrogens is 279 g/mol. The molecule has 2 aromatic rings. The summed E-state index contributed by atoms with van der Waals surface area (Å²) in [5.74, 6) is -1.80. The summed E-state index contributed by atoms with van der Waals surface area (Å²) in [5.41, 5.74) is -0.758. The average molecular weight is 292 g/mol. The number of carboxylic acid groups (broad SMARTS) is 1. The Morgan fingerprint density at radius 3 is 2.67 bits per heavy atom. The first-order valence-electron chi connectivity index (χ1n) is 6.26. The number of hydrogen-bond acceptors (Lipinski definition) is 3. The maximum absolute atomic E-state index is 13.7. The van der Waals surface area contributed by atoms with E-state index in [1.807, 2.05) is 0 Å². The molecule has 2 rings (SSSR count). The molecular formula is C14H13FN2O4. The van der Waals surface area contributed by atoms with Crippen LogP contribution in [0, 0.1) is 5.82 Å². The van der Waals surface area contributed by atoms with Crippen LogP contribution in [0.3, 0.4) is 0 Å². The van der Waals surface area contributed by atoms with Gasteiger partial charge in [-0.2, -0.15) is 0 Å². The van der Waals surface area contributed by atoms with Crippen molar-refractivity contribution in [3.05, 3.63) is 67.7 Å². The first-order valence-corrected chi connectivity index (χ1v) is 6.26. The van der Waals surface area contributed by atoms with Crippen LogP contribution >= 0.6 is 0 Å². The van der Waals surface area contributed by atoms with Gasteiger partial charge in [-0.25, -0.2) is 14.0 Å². The highest BCUT2D eigenvalue weighted by atomic mass is 19.1. The highest BCUT2D eigenvalue weighted by molar-refractivity contribution is 5.87. The highest BCUT2D eigenvalue weighted by Crippen LogP contribution is 2.12. The van der Waals surface area contributed by atoms with Crippen molar-refractivity contribution in [2.75, 3.05) is 0 Å². The number of hydrogen-bond donors (Lipinski definition) is 2. The van der Waals surface area contributed by atoms with Crippen LogP contribution in [-0.2, 0) is 13.0 Å². The van der Waals surface area contributed by atoms with Gasteiger partial charge < -0.3 is 5.11 Å². The normalized spacial score (nSPS) is 10.6. The number of nitrogens with one attached hydrogen (secondary N) is 1. The van der Waals surface area contributed by atoms with Gasteiger partial charge in [0.05, 0.1) is 12.1 Å². The summed E-state index contributed by atoms with van der Waals surface area (Å²) in [4.78, 5) is 36.2. The van der Waals surface area contributed by atoms with Crippen molar-refractivity contribution in [1.29, 1.82) is 0 Å². The van der Waals surface area contributed by atoms with Gasteiger partial charge in [0.15, 0.2) is 0 Å². The number of halogens is 1. The predicted octanol–water partition coefficient (Wildman–Crippen LogP) is 0.985. The summed E-state index contributed by atoms with van der Waals surface area (Å²) in [7, 11) is 0. The van der Waals surface area contributed by atoms with Gasteiger partial charge >= 0.3 is 11.7 Å². The number of aromatic nitrogens is 2. The molecule has 0 radical (unpaired) electrons. The van der Waals surface area contributed by atoms with Crippen LogP contribution in [0.15, 0.2) is 34.0 Å². The summed E-state index contributed by atoms with van der Waals surface area (Å²) >= 11 is 0. The highest BCUT2D eigenvalue weighted by Gasteiger charge is 2.10. The van der Waals surface area contributed by atoms with E-state index in [4.69, 9.17) is 5.11 Å². The van der Waals surface area contributed by atoms with Gasteiger partial charge in [-0.3, -0.25) is 14.3 Å². The van der Waals surface area contributed by atoms with E-state index >= 15 is 0 Å². The largest absolute Gasteiger partial charge is 0.478 e. The molecule has 110 valence electrons. The van der Waals surface area contributed by atoms with Crippen molar-refractivity contribution in [2.24, 2.45) is 0 Å². The average Bonchev–Trinajstić information content (AvgIpc) is 2.43. The van der Waals surface area contributed by atoms with E-state index < -0.39 is 23.0 Å². The van der Waals surface area contributed by atoms with Gasteiger partial charge in [0, 0.05) is 17.3 Å². The lowest BCUT2D eigenvalue weighted by molar-refractivity contribution is 0.0696. The van der Waals surface area contributed by atoms with E-state index in [0.717, 1.165) is 16.7 Å². The van der Waals surface area contributed by atoms with Gasteiger partial charge in [0.2, 0.25) is 0 Å². The fourth-order valence-electron chi connectivity index (χ4n) is 1.94. The Bertz CT molecular complexity index is 807. The number of carbonyl (C=O) groups is 1. The monoisotopic (exact) mass is 292 g/mol. The molecule has 0 aliphatic carbocycles. The number of carboxylic acids is 1. The minimum Gasteiger partial charge on any atom is -0.478 e. The minimum absolute atomic E-state index is 0.0612. The van der Waals surface area contributed by atoms with Crippen LogP contribution < -0.4 is 11.2 Å². The Morgan fingerprint density at radius 1 is 1.33 bits per heavy atom. The Hall–Kier alpha value is -2.70. The molecule has 0 atom stereocenters. The number of benzene rings is 1. The molecule has 0 aliphatic heterocycles. The van der Waals surface area contributed by atoms with Crippen molar-refractivity contribution in [2.45, 2.75) is 19.9 Å². The lowest BCUT2D eigenvalue weighted by atomic mass is 10.1. The van der Waals surface area contributed by atoms with Gasteiger partial charge in [-0.05, 0) is 24.6 Å². The lowest BCUT2D eigenvalue weighted by Crippen LogP contribution is -2.32. The molecule has 0 unspecified atom stereocenters. The second kappa shape index (κ2) is 5.74. The molecule has 0 saturated heterocycles. The second-order valence-electron chi connectivity index (χ2n) is 4.51. The molecule has 1 heterocycles. The summed E-state index contributed by atoms with van der Waals surface area (Å²) in [6.45, 7) is 1.60. The maximum atomic E-state index is 13.7. The minimum atomic E-state index is -1.18. The molecule has 1 aromatic heterocycles. The van der Waals surface area contributed by atoms with Crippen molar-refractivity contribution in [1.82, 2.24) is 9.55 Å². The number of rotatable bonds is 4. The van der Waals surface area contributed by atoms with E-state index in [9.17, 15) is 18.8 Å². The fraction of sp³-hybridized carbons (Fsp3) is 0.214. The molecule has 21 heavy (non-hydrogen) atoms. The summed E-state index contributed by atoms with van der Waals surface area (Å²) in [5, 5.41) is 8.90. The Morgan fingerprint density at radius 2 is 2.05 bits per heavy atom. The van der Waals surface area contributed by atoms with Crippen LogP contribution in [0.5, 0.6) is 0 Å². The number of aromatic amines is 1. The van der Waals surface area contributed by atoms with Crippen molar-refractivity contribution in [3.63, 3.8) is 0 Å². The van der Waals surface area contributed by atoms with Crippen molar-refractivity contribution in [3.8, 4) is 0 Å². The molecule has 1 aromatic carbocycles. The first-order chi connectivity index (χ1) is 9.92. The van der Waals surface area contributed by atoms with Gasteiger partial charge in [-0.15, -0.1) is 0 Å². The third-order valence-electron chi connectivity index (χ3n) is 3.10. The molecule has 6 nitrogen and oxygen atoms in total. The predicted molar refractivity (Wildman–Crippen MR) is 73.2 cm³/mol. The zero-order chi connectivity index (χ0) is 15.6. The number of aryl methyl sites for hydroxylation is 1. The number of H-pyrrole nitrogens is 1. The second-order valence-corrected chi connectivity index (χ2v) is 4.51. The molecule has 2 N–H and O–H groups in total. The Labute approximate surface area is 118 Å². The molecule has 0 spiro atoms. The van der Waals surface area contributed by atoms with Crippen LogP contribution in [0.2, 0.25) is 0 Å². The van der Waals surface area contributed by atoms with E-state index in [0.29, 0.717) is 12.0 Å². The Balaban J connectivity index is 2.47. The van der Waals surface area contributed by atoms with Crippen LogP contribution in [-0.4, -0.2) is 20.6 Å². The van der Waals surface area contributed by atoms with Crippen LogP contribution in [0.1, 0.15) is 28.4 Å². The maximum Gasteiger partial charge on any atom is 0.335 e. The van der Waals surface area contributed by atoms with E-state index in [2.05, 4.69) is 4.98 Å². The van der Waals surface area contributed by atoms with Gasteiger partial charge in [-0.1, -0.05) is 6.92 Å². The van der Waals surface area contributed by atoms with Crippen molar-refractivity contribution < 1.29 is 14.3 Å². The quantitative estimate of drug-likeness (QED) is 0.878. The number of nitrogens with zero attached hydrogens (tertiary/aromatic N) is 1. The van der Waals surface area contributed by atoms with E-state index in [1.54, 1.807) is 6.92 Å². The molecule has 0 amide bonds. The zero-order valence-electron chi connectivity index (χ0n) is 11.2. The summed E-state index contributed by atoms with van der Waals surface area (Å²) in [6.07, 6.45) is 1.78. The van der Waals surface area contributed by atoms with Crippen molar-refractivity contribution >= 4 is 5.97 Å². The summed E-state index contributed by atoms with van der Waals surface area (Å²) < 4.78 is 14.9. The Kier molecular flexibility index (Phi) is 4.02. The molecule has 7 heteroatoms. The molecule has 0 bridgehead atoms. The molecule has 0 fully saturated rings. The molecule has 0 aliphatic rings. The van der Waals surface area contributed by atoms with Crippen LogP contribution in [0.4, 0.5) is 4.39 Å². The standard InChI is InChI=1S/C14H13FN2O4/c1-2-8-6-17(14(21)16-12(8)18)7-10-5-9(13(19)20)3-4-11(10)15/h3-6H,2,7H2,1H3,(H,19,20)(H,16,18,21). The topological polar surface area (TPSA) is 92.2 Å². The van der Waals surface area contributed by atoms with Crippen LogP contribution in [0.25, 0.3) is 0 Å². The van der Waals surface area contributed by atoms with E-state index in [1.165, 1.54) is 12.3 Å². The molecule has 0 saturated carbocycles. The number of aromatic carboxylic acids is 1. The fourth-order valence-corrected chi connectivity index (χ4v) is 1.94. The zero-order valence-corrected chi connectivity index (χ0v) is 11.2. The van der Waals surface area contributed by atoms with E-state index in [-0.39, 0.29) is 17.7 Å². The lowest BCUT2D eigenvalue weighted by Gasteiger charge is -2.08. The smallest absolute Gasteiger partial charge is 0.335 e. The first kappa shape index (κ1) is 14.7. The van der Waals surface area contributed by atoms with Gasteiger partial charge in [0.25, 0.3) is 5.56 Å². The van der Waals surface area contributed by atoms with Gasteiger partial charge in [0.1, 0.15) is 5.82 Å². The summed E-state index contributed by atoms with van der Waals surface area (Å²) in [6, 6.07) is 3.35. The third-order valence-corrected chi connectivity index (χ3v) is 3.10.